The minimum Gasteiger partial charge on any atom is -0.493 e. The molecule has 9 rings (SSSR count). The Bertz CT molecular complexity index is 1950. The number of methoxy groups -OCH3 is 2. The van der Waals surface area contributed by atoms with Crippen LogP contribution in [0.4, 0.5) is 0 Å². The van der Waals surface area contributed by atoms with Crippen molar-refractivity contribution >= 4 is 29.7 Å². The number of carbonyl (C=O) groups is 3. The number of piperazine rings is 1. The Balaban J connectivity index is 1.43. The summed E-state index contributed by atoms with van der Waals surface area (Å²) < 4.78 is 48.2. The van der Waals surface area contributed by atoms with E-state index in [1.807, 2.05) is 27.8 Å². The van der Waals surface area contributed by atoms with Gasteiger partial charge in [0.15, 0.2) is 29.8 Å². The van der Waals surface area contributed by atoms with Crippen LogP contribution in [0.3, 0.4) is 0 Å². The molecule has 0 aromatic heterocycles. The molecule has 0 amide bonds. The first-order chi connectivity index (χ1) is 25.5. The molecular weight excluding hydrogens is 706 g/mol. The number of nitriles is 1. The zero-order valence-electron chi connectivity index (χ0n) is 30.8. The van der Waals surface area contributed by atoms with Gasteiger partial charge < -0.3 is 37.9 Å². The molecule has 3 unspecified atom stereocenters. The van der Waals surface area contributed by atoms with Gasteiger partial charge in [-0.15, -0.1) is 11.8 Å². The highest BCUT2D eigenvalue weighted by Crippen LogP contribution is 2.71. The first-order valence-electron chi connectivity index (χ1n) is 17.9. The van der Waals surface area contributed by atoms with E-state index in [-0.39, 0.29) is 31.8 Å². The molecule has 282 valence electrons. The van der Waals surface area contributed by atoms with Crippen LogP contribution in [0.15, 0.2) is 6.07 Å². The first-order valence-corrected chi connectivity index (χ1v) is 19.0. The van der Waals surface area contributed by atoms with Crippen LogP contribution < -0.4 is 23.7 Å². The number of aryl methyl sites for hydroxylation is 1. The van der Waals surface area contributed by atoms with Crippen LogP contribution in [0, 0.1) is 25.2 Å². The van der Waals surface area contributed by atoms with Crippen molar-refractivity contribution in [3.8, 4) is 34.8 Å². The number of carbonyl (C=O) groups excluding carboxylic acids is 3. The highest BCUT2D eigenvalue weighted by Gasteiger charge is 2.75. The number of fused-ring (bicyclic) bond motifs is 9. The topological polar surface area (TPSA) is 155 Å². The van der Waals surface area contributed by atoms with Crippen LogP contribution in [0.1, 0.15) is 77.8 Å². The SMILES string of the molecule is CCCC(=O)O[C@H]1CS[C@@H]2c3c(OC(C)=O)c(C)c4c(c3C3(CC3OC1=O)N1C2[C@H]2c3c(cc(C)c(OC)c3OCOC)C[C@@H]([C@@H]1C#N)N2C)OCO4. The third-order valence-electron chi connectivity index (χ3n) is 11.5. The lowest BCUT2D eigenvalue weighted by atomic mass is 9.70. The van der Waals surface area contributed by atoms with Gasteiger partial charge >= 0.3 is 17.9 Å². The molecule has 2 saturated heterocycles. The number of likely N-dealkylation sites (N-methyl/N-ethyl adjacent to an activating group) is 1. The Morgan fingerprint density at radius 1 is 1.13 bits per heavy atom. The molecule has 8 atom stereocenters. The molecule has 53 heavy (non-hydrogen) atoms. The largest absolute Gasteiger partial charge is 0.493 e. The monoisotopic (exact) mass is 749 g/mol. The summed E-state index contributed by atoms with van der Waals surface area (Å²) in [6, 6.07) is 2.99. The van der Waals surface area contributed by atoms with E-state index in [9.17, 15) is 19.6 Å². The molecule has 2 aromatic rings. The van der Waals surface area contributed by atoms with Gasteiger partial charge in [-0.1, -0.05) is 13.0 Å². The number of nitrogens with zero attached hydrogens (tertiary/aromatic N) is 3. The molecule has 3 fully saturated rings. The third kappa shape index (κ3) is 5.20. The van der Waals surface area contributed by atoms with Crippen LogP contribution in [0.5, 0.6) is 28.7 Å². The standard InChI is InChI=1S/C38H43N3O11S/c1-8-9-25(43)51-23-14-53-36-27-28(35-33(48-16-49-35)18(3)32(27)50-19(4)42)38(12-24(38)52-37(23)44)41-22(13-39)21-11-20-10-17(2)31(46-7)34(47-15-45-6)26(20)29(30(36)41)40(21)5/h10,21-24,29-30,36H,8-9,11-12,14-16H2,1-7H3/t21-,22-,23-,24?,29+,30?,36+,38?/m0/s1. The maximum Gasteiger partial charge on any atom is 0.348 e. The quantitative estimate of drug-likeness (QED) is 0.215. The number of thioether (sulfide) groups is 1. The Kier molecular flexibility index (Phi) is 8.95. The maximum absolute atomic E-state index is 13.9. The molecule has 0 radical (unpaired) electrons. The predicted molar refractivity (Wildman–Crippen MR) is 188 cm³/mol. The summed E-state index contributed by atoms with van der Waals surface area (Å²) in [5.74, 6) is 0.825. The zero-order chi connectivity index (χ0) is 37.5. The summed E-state index contributed by atoms with van der Waals surface area (Å²) in [7, 11) is 5.20. The first kappa shape index (κ1) is 35.8. The molecule has 14 nitrogen and oxygen atoms in total. The van der Waals surface area contributed by atoms with Gasteiger partial charge in [-0.25, -0.2) is 4.79 Å². The summed E-state index contributed by atoms with van der Waals surface area (Å²) in [4.78, 5) is 44.1. The van der Waals surface area contributed by atoms with Crippen molar-refractivity contribution in [2.45, 2.75) is 101 Å². The molecule has 6 heterocycles. The molecule has 2 aromatic carbocycles. The van der Waals surface area contributed by atoms with Crippen molar-refractivity contribution in [3.05, 3.63) is 39.4 Å². The Hall–Kier alpha value is -4.23. The highest BCUT2D eigenvalue weighted by atomic mass is 32.2. The van der Waals surface area contributed by atoms with Gasteiger partial charge in [0.25, 0.3) is 0 Å². The fourth-order valence-corrected chi connectivity index (χ4v) is 11.0. The van der Waals surface area contributed by atoms with E-state index in [1.54, 1.807) is 14.2 Å². The van der Waals surface area contributed by atoms with Crippen molar-refractivity contribution in [2.75, 3.05) is 40.6 Å². The molecule has 1 saturated carbocycles. The van der Waals surface area contributed by atoms with Crippen LogP contribution in [-0.2, 0) is 40.6 Å². The van der Waals surface area contributed by atoms with Crippen molar-refractivity contribution in [1.82, 2.24) is 9.80 Å². The van der Waals surface area contributed by atoms with E-state index in [1.165, 1.54) is 18.7 Å². The van der Waals surface area contributed by atoms with Crippen molar-refractivity contribution in [1.29, 1.82) is 5.26 Å². The van der Waals surface area contributed by atoms with Crippen LogP contribution in [-0.4, -0.2) is 98.6 Å². The van der Waals surface area contributed by atoms with Crippen molar-refractivity contribution in [3.63, 3.8) is 0 Å². The molecule has 7 aliphatic rings. The minimum absolute atomic E-state index is 0.0195. The summed E-state index contributed by atoms with van der Waals surface area (Å²) >= 11 is 1.40. The van der Waals surface area contributed by atoms with Gasteiger partial charge in [0.2, 0.25) is 12.9 Å². The number of hydrogen-bond acceptors (Lipinski definition) is 15. The molecule has 1 spiro atoms. The lowest BCUT2D eigenvalue weighted by Crippen LogP contribution is -2.71. The summed E-state index contributed by atoms with van der Waals surface area (Å²) in [6.07, 6.45) is -0.335. The zero-order valence-corrected chi connectivity index (χ0v) is 31.6. The van der Waals surface area contributed by atoms with Crippen LogP contribution in [0.25, 0.3) is 0 Å². The molecule has 1 aliphatic carbocycles. The van der Waals surface area contributed by atoms with Crippen molar-refractivity contribution in [2.24, 2.45) is 0 Å². The fourth-order valence-electron chi connectivity index (χ4n) is 9.50. The Labute approximate surface area is 311 Å². The van der Waals surface area contributed by atoms with Gasteiger partial charge in [-0.3, -0.25) is 19.4 Å². The smallest absolute Gasteiger partial charge is 0.348 e. The second-order valence-corrected chi connectivity index (χ2v) is 15.6. The number of esters is 3. The second kappa shape index (κ2) is 13.3. The summed E-state index contributed by atoms with van der Waals surface area (Å²) in [5, 5.41) is 10.6. The maximum atomic E-state index is 13.9. The molecule has 6 aliphatic heterocycles. The number of hydrogen-bond donors (Lipinski definition) is 0. The predicted octanol–water partition coefficient (Wildman–Crippen LogP) is 4.15. The van der Waals surface area contributed by atoms with Gasteiger partial charge in [0.1, 0.15) is 17.9 Å². The molecule has 4 bridgehead atoms. The fraction of sp³-hybridized carbons (Fsp3) is 0.579. The summed E-state index contributed by atoms with van der Waals surface area (Å²) in [6.45, 7) is 6.95. The molecule has 15 heteroatoms. The lowest BCUT2D eigenvalue weighted by Gasteiger charge is -2.62. The normalized spacial score (nSPS) is 30.5. The van der Waals surface area contributed by atoms with E-state index in [2.05, 4.69) is 21.9 Å². The van der Waals surface area contributed by atoms with Gasteiger partial charge in [-0.2, -0.15) is 5.26 Å². The van der Waals surface area contributed by atoms with E-state index >= 15 is 0 Å². The Morgan fingerprint density at radius 3 is 2.60 bits per heavy atom. The van der Waals surface area contributed by atoms with E-state index in [0.717, 1.165) is 16.7 Å². The second-order valence-electron chi connectivity index (χ2n) is 14.5. The average molecular weight is 750 g/mol. The third-order valence-corrected chi connectivity index (χ3v) is 12.9. The van der Waals surface area contributed by atoms with E-state index in [0.29, 0.717) is 64.7 Å². The van der Waals surface area contributed by atoms with Gasteiger partial charge in [-0.05, 0) is 44.9 Å². The number of benzene rings is 2. The van der Waals surface area contributed by atoms with Crippen LogP contribution in [0.2, 0.25) is 0 Å². The number of rotatable bonds is 8. The highest BCUT2D eigenvalue weighted by molar-refractivity contribution is 7.99. The van der Waals surface area contributed by atoms with E-state index < -0.39 is 59.0 Å². The van der Waals surface area contributed by atoms with E-state index in [4.69, 9.17) is 37.9 Å². The lowest BCUT2D eigenvalue weighted by molar-refractivity contribution is -0.170. The minimum atomic E-state index is -1.18. The van der Waals surface area contributed by atoms with Crippen LogP contribution >= 0.6 is 11.8 Å². The molecule has 0 N–H and O–H groups in total. The summed E-state index contributed by atoms with van der Waals surface area (Å²) in [5.41, 5.74) is 3.76. The number of ether oxygens (including phenoxy) is 8. The van der Waals surface area contributed by atoms with Crippen molar-refractivity contribution < 1.29 is 52.3 Å². The molecular formula is C38H43N3O11S. The Morgan fingerprint density at radius 2 is 1.91 bits per heavy atom. The van der Waals surface area contributed by atoms with Gasteiger partial charge in [0, 0.05) is 67.0 Å². The average Bonchev–Trinajstić information content (AvgIpc) is 3.57. The van der Waals surface area contributed by atoms with Gasteiger partial charge in [0.05, 0.1) is 30.0 Å².